The molecule has 0 aromatic rings. The van der Waals surface area contributed by atoms with Crippen LogP contribution in [0.25, 0.3) is 0 Å². The summed E-state index contributed by atoms with van der Waals surface area (Å²) in [5.74, 6) is 0.0561. The maximum absolute atomic E-state index is 12.0. The molecule has 2 fully saturated rings. The van der Waals surface area contributed by atoms with Gasteiger partial charge in [0.2, 0.25) is 11.8 Å². The van der Waals surface area contributed by atoms with Crippen molar-refractivity contribution in [3.63, 3.8) is 0 Å². The summed E-state index contributed by atoms with van der Waals surface area (Å²) < 4.78 is 0. The summed E-state index contributed by atoms with van der Waals surface area (Å²) in [6.07, 6.45) is 6.86. The smallest absolute Gasteiger partial charge is 0.232 e. The third kappa shape index (κ3) is 3.45. The van der Waals surface area contributed by atoms with Crippen LogP contribution in [0.2, 0.25) is 0 Å². The normalized spacial score (nSPS) is 21.4. The molecule has 0 spiro atoms. The molecule has 0 aromatic heterocycles. The number of carbonyl (C=O) groups is 2. The van der Waals surface area contributed by atoms with Crippen molar-refractivity contribution >= 4 is 11.8 Å². The van der Waals surface area contributed by atoms with E-state index in [4.69, 9.17) is 0 Å². The lowest BCUT2D eigenvalue weighted by atomic mass is 10.2. The molecule has 0 aliphatic carbocycles. The van der Waals surface area contributed by atoms with Gasteiger partial charge in [-0.05, 0) is 25.7 Å². The number of likely N-dealkylation sites (tertiary alicyclic amines) is 2. The van der Waals surface area contributed by atoms with Gasteiger partial charge in [-0.1, -0.05) is 12.8 Å². The Morgan fingerprint density at radius 3 is 1.41 bits per heavy atom. The summed E-state index contributed by atoms with van der Waals surface area (Å²) in [5, 5.41) is 0. The van der Waals surface area contributed by atoms with E-state index in [0.29, 0.717) is 0 Å². The van der Waals surface area contributed by atoms with Gasteiger partial charge in [0, 0.05) is 26.2 Å². The Balaban J connectivity index is 1.80. The zero-order valence-electron chi connectivity index (χ0n) is 10.5. The van der Waals surface area contributed by atoms with Crippen LogP contribution in [0, 0.1) is 0 Å². The molecular formula is C13H22N2O2. The van der Waals surface area contributed by atoms with Gasteiger partial charge in [0.1, 0.15) is 6.42 Å². The van der Waals surface area contributed by atoms with E-state index in [9.17, 15) is 9.59 Å². The zero-order chi connectivity index (χ0) is 12.1. The van der Waals surface area contributed by atoms with Gasteiger partial charge in [-0.25, -0.2) is 0 Å². The molecule has 4 nitrogen and oxygen atoms in total. The van der Waals surface area contributed by atoms with E-state index in [1.165, 1.54) is 12.8 Å². The van der Waals surface area contributed by atoms with Gasteiger partial charge in [-0.3, -0.25) is 9.59 Å². The lowest BCUT2D eigenvalue weighted by Crippen LogP contribution is -2.37. The molecule has 0 unspecified atom stereocenters. The molecular weight excluding hydrogens is 216 g/mol. The highest BCUT2D eigenvalue weighted by Crippen LogP contribution is 2.13. The first-order chi connectivity index (χ1) is 8.27. The molecule has 0 aromatic carbocycles. The van der Waals surface area contributed by atoms with E-state index in [-0.39, 0.29) is 18.2 Å². The number of carbonyl (C=O) groups excluding carboxylic acids is 2. The Bertz CT molecular complexity index is 277. The predicted octanol–water partition coefficient (Wildman–Crippen LogP) is 1.40. The molecule has 2 aliphatic heterocycles. The van der Waals surface area contributed by atoms with E-state index < -0.39 is 0 Å². The molecule has 96 valence electrons. The maximum Gasteiger partial charge on any atom is 0.232 e. The second kappa shape index (κ2) is 6.03. The van der Waals surface area contributed by atoms with Crippen LogP contribution >= 0.6 is 0 Å². The Labute approximate surface area is 103 Å². The maximum atomic E-state index is 12.0. The highest BCUT2D eigenvalue weighted by molar-refractivity contribution is 5.97. The van der Waals surface area contributed by atoms with Gasteiger partial charge < -0.3 is 9.80 Å². The minimum absolute atomic E-state index is 0.0248. The lowest BCUT2D eigenvalue weighted by Gasteiger charge is -2.22. The van der Waals surface area contributed by atoms with Crippen LogP contribution in [0.3, 0.4) is 0 Å². The minimum Gasteiger partial charge on any atom is -0.342 e. The summed E-state index contributed by atoms with van der Waals surface area (Å²) in [7, 11) is 0. The molecule has 0 atom stereocenters. The van der Waals surface area contributed by atoms with Crippen LogP contribution in [0.15, 0.2) is 0 Å². The summed E-state index contributed by atoms with van der Waals surface area (Å²) in [6.45, 7) is 3.36. The quantitative estimate of drug-likeness (QED) is 0.682. The average molecular weight is 238 g/mol. The third-order valence-corrected chi connectivity index (χ3v) is 3.72. The van der Waals surface area contributed by atoms with Crippen molar-refractivity contribution in [2.24, 2.45) is 0 Å². The van der Waals surface area contributed by atoms with E-state index in [0.717, 1.165) is 51.9 Å². The van der Waals surface area contributed by atoms with Crippen molar-refractivity contribution in [3.8, 4) is 0 Å². The SMILES string of the molecule is O=C(CC(=O)N1CCCC1)N1CCCCCC1. The van der Waals surface area contributed by atoms with Crippen LogP contribution in [-0.2, 0) is 9.59 Å². The van der Waals surface area contributed by atoms with E-state index in [1.54, 1.807) is 0 Å². The van der Waals surface area contributed by atoms with Gasteiger partial charge in [0.05, 0.1) is 0 Å². The van der Waals surface area contributed by atoms with Crippen molar-refractivity contribution in [3.05, 3.63) is 0 Å². The number of hydrogen-bond donors (Lipinski definition) is 0. The molecule has 2 aliphatic rings. The first kappa shape index (κ1) is 12.4. The third-order valence-electron chi connectivity index (χ3n) is 3.72. The first-order valence-corrected chi connectivity index (χ1v) is 6.83. The fraction of sp³-hybridized carbons (Fsp3) is 0.846. The first-order valence-electron chi connectivity index (χ1n) is 6.83. The number of hydrogen-bond acceptors (Lipinski definition) is 2. The molecule has 2 saturated heterocycles. The highest BCUT2D eigenvalue weighted by atomic mass is 16.2. The number of amides is 2. The summed E-state index contributed by atoms with van der Waals surface area (Å²) >= 11 is 0. The van der Waals surface area contributed by atoms with Crippen LogP contribution in [-0.4, -0.2) is 47.8 Å². The fourth-order valence-corrected chi connectivity index (χ4v) is 2.64. The van der Waals surface area contributed by atoms with Crippen LogP contribution in [0.1, 0.15) is 44.9 Å². The van der Waals surface area contributed by atoms with Crippen LogP contribution in [0.5, 0.6) is 0 Å². The van der Waals surface area contributed by atoms with Crippen LogP contribution < -0.4 is 0 Å². The van der Waals surface area contributed by atoms with Crippen molar-refractivity contribution in [1.82, 2.24) is 9.80 Å². The Kier molecular flexibility index (Phi) is 4.40. The largest absolute Gasteiger partial charge is 0.342 e. The van der Waals surface area contributed by atoms with Gasteiger partial charge in [0.15, 0.2) is 0 Å². The van der Waals surface area contributed by atoms with Crippen molar-refractivity contribution in [1.29, 1.82) is 0 Å². The molecule has 0 radical (unpaired) electrons. The molecule has 0 saturated carbocycles. The Morgan fingerprint density at radius 2 is 1.00 bits per heavy atom. The summed E-state index contributed by atoms with van der Waals surface area (Å²) in [5.41, 5.74) is 0. The Morgan fingerprint density at radius 1 is 0.647 bits per heavy atom. The predicted molar refractivity (Wildman–Crippen MR) is 65.5 cm³/mol. The molecule has 2 amide bonds. The summed E-state index contributed by atoms with van der Waals surface area (Å²) in [6, 6.07) is 0. The van der Waals surface area contributed by atoms with Crippen molar-refractivity contribution in [2.45, 2.75) is 44.9 Å². The second-order valence-corrected chi connectivity index (χ2v) is 5.06. The topological polar surface area (TPSA) is 40.6 Å². The average Bonchev–Trinajstić information content (AvgIpc) is 2.71. The molecule has 0 N–H and O–H groups in total. The fourth-order valence-electron chi connectivity index (χ4n) is 2.64. The van der Waals surface area contributed by atoms with Gasteiger partial charge in [-0.15, -0.1) is 0 Å². The monoisotopic (exact) mass is 238 g/mol. The zero-order valence-corrected chi connectivity index (χ0v) is 10.5. The van der Waals surface area contributed by atoms with E-state index in [2.05, 4.69) is 0 Å². The standard InChI is InChI=1S/C13H22N2O2/c16-12(14-7-3-1-2-4-8-14)11-13(17)15-9-5-6-10-15/h1-11H2. The summed E-state index contributed by atoms with van der Waals surface area (Å²) in [4.78, 5) is 27.6. The molecule has 4 heteroatoms. The van der Waals surface area contributed by atoms with E-state index >= 15 is 0 Å². The van der Waals surface area contributed by atoms with Crippen molar-refractivity contribution in [2.75, 3.05) is 26.2 Å². The van der Waals surface area contributed by atoms with Crippen LogP contribution in [0.4, 0.5) is 0 Å². The molecule has 2 rings (SSSR count). The van der Waals surface area contributed by atoms with Gasteiger partial charge in [-0.2, -0.15) is 0 Å². The van der Waals surface area contributed by atoms with E-state index in [1.807, 2.05) is 9.80 Å². The molecule has 2 heterocycles. The minimum atomic E-state index is 0.0248. The molecule has 0 bridgehead atoms. The molecule has 17 heavy (non-hydrogen) atoms. The van der Waals surface area contributed by atoms with Crippen molar-refractivity contribution < 1.29 is 9.59 Å². The van der Waals surface area contributed by atoms with Gasteiger partial charge >= 0.3 is 0 Å². The highest BCUT2D eigenvalue weighted by Gasteiger charge is 2.23. The number of nitrogens with zero attached hydrogens (tertiary/aromatic N) is 2. The lowest BCUT2D eigenvalue weighted by molar-refractivity contribution is -0.140. The Hall–Kier alpha value is -1.06. The van der Waals surface area contributed by atoms with Gasteiger partial charge in [0.25, 0.3) is 0 Å². The second-order valence-electron chi connectivity index (χ2n) is 5.06. The number of rotatable bonds is 2.